The molecule has 2 heterocycles. The van der Waals surface area contributed by atoms with Crippen LogP contribution in [0, 0.1) is 5.92 Å². The molecule has 1 aliphatic rings. The third-order valence-corrected chi connectivity index (χ3v) is 4.60. The lowest BCUT2D eigenvalue weighted by Gasteiger charge is -2.36. The molecule has 0 bridgehead atoms. The van der Waals surface area contributed by atoms with Crippen LogP contribution in [0.2, 0.25) is 0 Å². The predicted molar refractivity (Wildman–Crippen MR) is 86.1 cm³/mol. The monoisotopic (exact) mass is 291 g/mol. The van der Waals surface area contributed by atoms with Crippen LogP contribution >= 0.6 is 0 Å². The Morgan fingerprint density at radius 3 is 2.67 bits per heavy atom. The summed E-state index contributed by atoms with van der Waals surface area (Å²) in [5.74, 6) is 0.763. The zero-order valence-corrected chi connectivity index (χ0v) is 13.6. The summed E-state index contributed by atoms with van der Waals surface area (Å²) in [4.78, 5) is 9.03. The summed E-state index contributed by atoms with van der Waals surface area (Å²) in [5, 5.41) is 9.46. The molecule has 4 nitrogen and oxygen atoms in total. The van der Waals surface area contributed by atoms with Gasteiger partial charge in [-0.25, -0.2) is 0 Å². The fourth-order valence-corrected chi connectivity index (χ4v) is 3.17. The molecule has 2 atom stereocenters. The van der Waals surface area contributed by atoms with Crippen molar-refractivity contribution in [1.82, 2.24) is 14.8 Å². The molecule has 1 aromatic rings. The Labute approximate surface area is 128 Å². The van der Waals surface area contributed by atoms with Crippen LogP contribution in [0.15, 0.2) is 24.5 Å². The van der Waals surface area contributed by atoms with Gasteiger partial charge < -0.3 is 10.0 Å². The summed E-state index contributed by atoms with van der Waals surface area (Å²) in [6.07, 6.45) is 6.04. The van der Waals surface area contributed by atoms with E-state index in [-0.39, 0.29) is 6.10 Å². The SMILES string of the molecule is C[C@H](O)CN1CCC(CN(C)[C@@H](C)c2cccnc2)CC1. The Kier molecular flexibility index (Phi) is 6.15. The summed E-state index contributed by atoms with van der Waals surface area (Å²) in [5.41, 5.74) is 1.28. The van der Waals surface area contributed by atoms with E-state index in [1.807, 2.05) is 25.4 Å². The number of aromatic nitrogens is 1. The second-order valence-electron chi connectivity index (χ2n) is 6.49. The lowest BCUT2D eigenvalue weighted by Crippen LogP contribution is -2.41. The van der Waals surface area contributed by atoms with Crippen molar-refractivity contribution in [2.24, 2.45) is 5.92 Å². The highest BCUT2D eigenvalue weighted by Crippen LogP contribution is 2.23. The van der Waals surface area contributed by atoms with Gasteiger partial charge in [0.05, 0.1) is 6.10 Å². The maximum absolute atomic E-state index is 9.46. The van der Waals surface area contributed by atoms with Gasteiger partial charge in [-0.1, -0.05) is 6.07 Å². The van der Waals surface area contributed by atoms with Gasteiger partial charge in [0.25, 0.3) is 0 Å². The van der Waals surface area contributed by atoms with Gasteiger partial charge in [-0.15, -0.1) is 0 Å². The Bertz CT molecular complexity index is 402. The maximum Gasteiger partial charge on any atom is 0.0639 e. The Hall–Kier alpha value is -0.970. The molecule has 0 spiro atoms. The molecule has 1 saturated heterocycles. The zero-order valence-electron chi connectivity index (χ0n) is 13.6. The topological polar surface area (TPSA) is 39.6 Å². The number of hydrogen-bond acceptors (Lipinski definition) is 4. The van der Waals surface area contributed by atoms with Crippen LogP contribution in [0.4, 0.5) is 0 Å². The van der Waals surface area contributed by atoms with Crippen LogP contribution in [0.1, 0.15) is 38.3 Å². The molecular weight excluding hydrogens is 262 g/mol. The number of β-amino-alcohol motifs (C(OH)–C–C–N with tert-alkyl or cyclic N) is 1. The van der Waals surface area contributed by atoms with Gasteiger partial charge in [-0.3, -0.25) is 9.88 Å². The van der Waals surface area contributed by atoms with Crippen LogP contribution in [0.5, 0.6) is 0 Å². The maximum atomic E-state index is 9.46. The van der Waals surface area contributed by atoms with Crippen LogP contribution in [0.3, 0.4) is 0 Å². The molecule has 0 aliphatic carbocycles. The lowest BCUT2D eigenvalue weighted by molar-refractivity contribution is 0.0886. The summed E-state index contributed by atoms with van der Waals surface area (Å²) >= 11 is 0. The normalized spacial score (nSPS) is 20.6. The van der Waals surface area contributed by atoms with Crippen LogP contribution < -0.4 is 0 Å². The summed E-state index contributed by atoms with van der Waals surface area (Å²) < 4.78 is 0. The number of aliphatic hydroxyl groups is 1. The smallest absolute Gasteiger partial charge is 0.0639 e. The van der Waals surface area contributed by atoms with E-state index in [1.165, 1.54) is 18.4 Å². The molecular formula is C17H29N3O. The van der Waals surface area contributed by atoms with E-state index in [2.05, 4.69) is 34.8 Å². The molecule has 1 N–H and O–H groups in total. The van der Waals surface area contributed by atoms with Crippen molar-refractivity contribution >= 4 is 0 Å². The number of pyridine rings is 1. The minimum absolute atomic E-state index is 0.213. The second kappa shape index (κ2) is 7.87. The van der Waals surface area contributed by atoms with Crippen molar-refractivity contribution in [2.75, 3.05) is 33.2 Å². The van der Waals surface area contributed by atoms with Crippen molar-refractivity contribution in [2.45, 2.75) is 38.8 Å². The minimum atomic E-state index is -0.213. The molecule has 4 heteroatoms. The first-order valence-electron chi connectivity index (χ1n) is 8.07. The molecule has 0 saturated carbocycles. The number of likely N-dealkylation sites (tertiary alicyclic amines) is 1. The fourth-order valence-electron chi connectivity index (χ4n) is 3.17. The van der Waals surface area contributed by atoms with E-state index in [0.29, 0.717) is 6.04 Å². The van der Waals surface area contributed by atoms with Crippen molar-refractivity contribution in [3.63, 3.8) is 0 Å². The number of hydrogen-bond donors (Lipinski definition) is 1. The third-order valence-electron chi connectivity index (χ3n) is 4.60. The molecule has 118 valence electrons. The average Bonchev–Trinajstić information content (AvgIpc) is 2.49. The Morgan fingerprint density at radius 1 is 1.38 bits per heavy atom. The molecule has 21 heavy (non-hydrogen) atoms. The van der Waals surface area contributed by atoms with E-state index >= 15 is 0 Å². The molecule has 0 radical (unpaired) electrons. The largest absolute Gasteiger partial charge is 0.392 e. The fraction of sp³-hybridized carbons (Fsp3) is 0.706. The number of nitrogens with zero attached hydrogens (tertiary/aromatic N) is 3. The first kappa shape index (κ1) is 16.4. The van der Waals surface area contributed by atoms with E-state index < -0.39 is 0 Å². The summed E-state index contributed by atoms with van der Waals surface area (Å²) in [6, 6.07) is 4.57. The van der Waals surface area contributed by atoms with E-state index in [0.717, 1.165) is 32.1 Å². The molecule has 1 fully saturated rings. The van der Waals surface area contributed by atoms with Crippen LogP contribution in [-0.4, -0.2) is 59.2 Å². The molecule has 0 unspecified atom stereocenters. The lowest BCUT2D eigenvalue weighted by atomic mass is 9.95. The first-order valence-corrected chi connectivity index (χ1v) is 8.07. The second-order valence-corrected chi connectivity index (χ2v) is 6.49. The third kappa shape index (κ3) is 5.06. The van der Waals surface area contributed by atoms with Gasteiger partial charge in [-0.05, 0) is 64.4 Å². The van der Waals surface area contributed by atoms with Gasteiger partial charge in [0.15, 0.2) is 0 Å². The number of piperidine rings is 1. The van der Waals surface area contributed by atoms with Crippen molar-refractivity contribution in [1.29, 1.82) is 0 Å². The first-order chi connectivity index (χ1) is 10.1. The zero-order chi connectivity index (χ0) is 15.2. The molecule has 0 amide bonds. The van der Waals surface area contributed by atoms with Crippen molar-refractivity contribution in [3.05, 3.63) is 30.1 Å². The average molecular weight is 291 g/mol. The molecule has 1 aliphatic heterocycles. The summed E-state index contributed by atoms with van der Waals surface area (Å²) in [7, 11) is 2.21. The van der Waals surface area contributed by atoms with Gasteiger partial charge >= 0.3 is 0 Å². The van der Waals surface area contributed by atoms with E-state index in [9.17, 15) is 5.11 Å². The molecule has 2 rings (SSSR count). The van der Waals surface area contributed by atoms with E-state index in [4.69, 9.17) is 0 Å². The van der Waals surface area contributed by atoms with Crippen molar-refractivity contribution in [3.8, 4) is 0 Å². The highest BCUT2D eigenvalue weighted by atomic mass is 16.3. The highest BCUT2D eigenvalue weighted by molar-refractivity contribution is 5.12. The Balaban J connectivity index is 1.78. The Morgan fingerprint density at radius 2 is 2.10 bits per heavy atom. The van der Waals surface area contributed by atoms with Crippen LogP contribution in [-0.2, 0) is 0 Å². The van der Waals surface area contributed by atoms with Gasteiger partial charge in [0.1, 0.15) is 0 Å². The quantitative estimate of drug-likeness (QED) is 0.872. The van der Waals surface area contributed by atoms with Crippen molar-refractivity contribution < 1.29 is 5.11 Å². The predicted octanol–water partition coefficient (Wildman–Crippen LogP) is 2.17. The highest BCUT2D eigenvalue weighted by Gasteiger charge is 2.22. The molecule has 0 aromatic carbocycles. The van der Waals surface area contributed by atoms with Gasteiger partial charge in [0, 0.05) is 31.5 Å². The standard InChI is InChI=1S/C17H29N3O/c1-14(21)12-20-9-6-16(7-10-20)13-19(3)15(2)17-5-4-8-18-11-17/h4-5,8,11,14-16,21H,6-7,9-10,12-13H2,1-3H3/t14-,15-/m0/s1. The molecule has 1 aromatic heterocycles. The minimum Gasteiger partial charge on any atom is -0.392 e. The van der Waals surface area contributed by atoms with E-state index in [1.54, 1.807) is 0 Å². The van der Waals surface area contributed by atoms with Crippen LogP contribution in [0.25, 0.3) is 0 Å². The summed E-state index contributed by atoms with van der Waals surface area (Å²) in [6.45, 7) is 8.30. The van der Waals surface area contributed by atoms with Gasteiger partial charge in [-0.2, -0.15) is 0 Å². The van der Waals surface area contributed by atoms with Gasteiger partial charge in [0.2, 0.25) is 0 Å². The number of aliphatic hydroxyl groups excluding tert-OH is 1. The number of rotatable bonds is 6.